The molecule has 2 fully saturated rings. The summed E-state index contributed by atoms with van der Waals surface area (Å²) in [5.74, 6) is -0.107. The Morgan fingerprint density at radius 2 is 2.26 bits per heavy atom. The average molecular weight is 316 g/mol. The Morgan fingerprint density at radius 1 is 1.35 bits per heavy atom. The van der Waals surface area contributed by atoms with E-state index in [2.05, 4.69) is 9.88 Å². The summed E-state index contributed by atoms with van der Waals surface area (Å²) in [4.78, 5) is 6.69. The Morgan fingerprint density at radius 3 is 3.04 bits per heavy atom. The molecule has 0 N–H and O–H groups in total. The highest BCUT2D eigenvalue weighted by atomic mass is 19.1. The van der Waals surface area contributed by atoms with E-state index in [1.807, 2.05) is 6.07 Å². The Balaban J connectivity index is 1.71. The molecule has 0 radical (unpaired) electrons. The lowest BCUT2D eigenvalue weighted by Gasteiger charge is -2.33. The molecule has 5 heteroatoms. The predicted octanol–water partition coefficient (Wildman–Crippen LogP) is 3.39. The van der Waals surface area contributed by atoms with E-state index >= 15 is 0 Å². The van der Waals surface area contributed by atoms with Crippen LogP contribution in [0.1, 0.15) is 19.3 Å². The molecule has 23 heavy (non-hydrogen) atoms. The largest absolute Gasteiger partial charge is 0.494 e. The highest BCUT2D eigenvalue weighted by Crippen LogP contribution is 2.41. The van der Waals surface area contributed by atoms with Crippen molar-refractivity contribution in [3.8, 4) is 5.75 Å². The van der Waals surface area contributed by atoms with Gasteiger partial charge >= 0.3 is 0 Å². The van der Waals surface area contributed by atoms with Gasteiger partial charge in [-0.25, -0.2) is 4.39 Å². The topological polar surface area (TPSA) is 34.6 Å². The molecule has 1 unspecified atom stereocenters. The monoisotopic (exact) mass is 316 g/mol. The molecule has 4 nitrogen and oxygen atoms in total. The molecule has 1 spiro atoms. The first kappa shape index (κ1) is 14.7. The van der Waals surface area contributed by atoms with Crippen LogP contribution in [0.5, 0.6) is 5.75 Å². The van der Waals surface area contributed by atoms with Crippen molar-refractivity contribution in [2.75, 3.05) is 38.3 Å². The molecule has 1 aromatic heterocycles. The summed E-state index contributed by atoms with van der Waals surface area (Å²) in [5, 5.41) is 0.944. The standard InChI is InChI=1S/C18H21FN2O2/c1-22-17-9-13-15(10-14(17)19)20-6-3-16(13)21-7-5-18(11-21)4-2-8-23-12-18/h3,6,9-10H,2,4-5,7-8,11-12H2,1H3. The third-order valence-electron chi connectivity index (χ3n) is 5.18. The lowest BCUT2D eigenvalue weighted by Crippen LogP contribution is -2.35. The Bertz CT molecular complexity index is 728. The Hall–Kier alpha value is -1.88. The van der Waals surface area contributed by atoms with Crippen molar-refractivity contribution in [3.05, 3.63) is 30.2 Å². The number of rotatable bonds is 2. The van der Waals surface area contributed by atoms with Crippen molar-refractivity contribution in [2.24, 2.45) is 5.41 Å². The van der Waals surface area contributed by atoms with Crippen LogP contribution in [-0.2, 0) is 4.74 Å². The molecule has 2 aliphatic heterocycles. The van der Waals surface area contributed by atoms with E-state index in [9.17, 15) is 4.39 Å². The summed E-state index contributed by atoms with van der Waals surface area (Å²) in [6.45, 7) is 3.73. The number of fused-ring (bicyclic) bond motifs is 1. The third kappa shape index (κ3) is 2.53. The van der Waals surface area contributed by atoms with Gasteiger partial charge in [0.05, 0.1) is 19.2 Å². The third-order valence-corrected chi connectivity index (χ3v) is 5.18. The highest BCUT2D eigenvalue weighted by molar-refractivity contribution is 5.92. The number of halogens is 1. The fourth-order valence-electron chi connectivity index (χ4n) is 3.94. The van der Waals surface area contributed by atoms with Crippen molar-refractivity contribution in [1.82, 2.24) is 4.98 Å². The van der Waals surface area contributed by atoms with Gasteiger partial charge in [-0.3, -0.25) is 4.98 Å². The van der Waals surface area contributed by atoms with Gasteiger partial charge in [0, 0.05) is 48.4 Å². The summed E-state index contributed by atoms with van der Waals surface area (Å²) in [6.07, 6.45) is 5.27. The number of aromatic nitrogens is 1. The zero-order valence-corrected chi connectivity index (χ0v) is 13.3. The molecule has 2 saturated heterocycles. The quantitative estimate of drug-likeness (QED) is 0.850. The lowest BCUT2D eigenvalue weighted by atomic mass is 9.82. The van der Waals surface area contributed by atoms with E-state index in [1.54, 1.807) is 12.3 Å². The zero-order chi connectivity index (χ0) is 15.9. The maximum absolute atomic E-state index is 13.9. The molecule has 122 valence electrons. The molecule has 1 atom stereocenters. The van der Waals surface area contributed by atoms with Crippen LogP contribution < -0.4 is 9.64 Å². The van der Waals surface area contributed by atoms with Crippen molar-refractivity contribution in [2.45, 2.75) is 19.3 Å². The maximum atomic E-state index is 13.9. The van der Waals surface area contributed by atoms with E-state index in [-0.39, 0.29) is 17.0 Å². The number of hydrogen-bond acceptors (Lipinski definition) is 4. The first-order valence-electron chi connectivity index (χ1n) is 8.16. The lowest BCUT2D eigenvalue weighted by molar-refractivity contribution is 0.00439. The van der Waals surface area contributed by atoms with Crippen LogP contribution in [0.15, 0.2) is 24.4 Å². The number of methoxy groups -OCH3 is 1. The molecule has 4 rings (SSSR count). The van der Waals surface area contributed by atoms with Gasteiger partial charge in [0.2, 0.25) is 0 Å². The molecule has 1 aromatic carbocycles. The Kier molecular flexibility index (Phi) is 3.60. The van der Waals surface area contributed by atoms with Gasteiger partial charge in [-0.2, -0.15) is 0 Å². The molecular formula is C18H21FN2O2. The second-order valence-corrected chi connectivity index (χ2v) is 6.66. The zero-order valence-electron chi connectivity index (χ0n) is 13.3. The molecule has 0 bridgehead atoms. The molecular weight excluding hydrogens is 295 g/mol. The van der Waals surface area contributed by atoms with Gasteiger partial charge in [0.15, 0.2) is 11.6 Å². The molecule has 2 aliphatic rings. The van der Waals surface area contributed by atoms with Crippen LogP contribution >= 0.6 is 0 Å². The van der Waals surface area contributed by atoms with E-state index in [0.717, 1.165) is 50.2 Å². The average Bonchev–Trinajstić information content (AvgIpc) is 2.97. The smallest absolute Gasteiger partial charge is 0.167 e. The first-order chi connectivity index (χ1) is 11.2. The van der Waals surface area contributed by atoms with Crippen LogP contribution in [0.2, 0.25) is 0 Å². The normalized spacial score (nSPS) is 24.5. The highest BCUT2D eigenvalue weighted by Gasteiger charge is 2.40. The molecule has 2 aromatic rings. The number of benzene rings is 1. The second kappa shape index (κ2) is 5.64. The fourth-order valence-corrected chi connectivity index (χ4v) is 3.94. The number of pyridine rings is 1. The van der Waals surface area contributed by atoms with Gasteiger partial charge in [-0.05, 0) is 31.4 Å². The number of anilines is 1. The SMILES string of the molecule is COc1cc2c(N3CCC4(CCCOC4)C3)ccnc2cc1F. The Labute approximate surface area is 135 Å². The van der Waals surface area contributed by atoms with E-state index < -0.39 is 0 Å². The van der Waals surface area contributed by atoms with Crippen molar-refractivity contribution >= 4 is 16.6 Å². The number of ether oxygens (including phenoxy) is 2. The summed E-state index contributed by atoms with van der Waals surface area (Å²) in [6, 6.07) is 5.23. The van der Waals surface area contributed by atoms with Crippen molar-refractivity contribution in [3.63, 3.8) is 0 Å². The van der Waals surface area contributed by atoms with Gasteiger partial charge in [0.25, 0.3) is 0 Å². The first-order valence-corrected chi connectivity index (χ1v) is 8.16. The molecule has 0 amide bonds. The molecule has 3 heterocycles. The van der Waals surface area contributed by atoms with E-state index in [0.29, 0.717) is 5.52 Å². The maximum Gasteiger partial charge on any atom is 0.167 e. The van der Waals surface area contributed by atoms with Crippen molar-refractivity contribution in [1.29, 1.82) is 0 Å². The van der Waals surface area contributed by atoms with Gasteiger partial charge in [-0.1, -0.05) is 0 Å². The second-order valence-electron chi connectivity index (χ2n) is 6.66. The van der Waals surface area contributed by atoms with Crippen LogP contribution in [-0.4, -0.2) is 38.4 Å². The van der Waals surface area contributed by atoms with Crippen LogP contribution in [0.4, 0.5) is 10.1 Å². The number of hydrogen-bond donors (Lipinski definition) is 0. The predicted molar refractivity (Wildman–Crippen MR) is 87.6 cm³/mol. The minimum Gasteiger partial charge on any atom is -0.494 e. The van der Waals surface area contributed by atoms with E-state index in [4.69, 9.17) is 9.47 Å². The molecule has 0 saturated carbocycles. The van der Waals surface area contributed by atoms with E-state index in [1.165, 1.54) is 19.6 Å². The summed E-state index contributed by atoms with van der Waals surface area (Å²) < 4.78 is 24.8. The van der Waals surface area contributed by atoms with Crippen LogP contribution in [0, 0.1) is 11.2 Å². The van der Waals surface area contributed by atoms with Gasteiger partial charge < -0.3 is 14.4 Å². The summed E-state index contributed by atoms with van der Waals surface area (Å²) >= 11 is 0. The minimum atomic E-state index is -0.372. The summed E-state index contributed by atoms with van der Waals surface area (Å²) in [7, 11) is 1.49. The summed E-state index contributed by atoms with van der Waals surface area (Å²) in [5.41, 5.74) is 2.05. The van der Waals surface area contributed by atoms with Crippen LogP contribution in [0.25, 0.3) is 10.9 Å². The number of nitrogens with zero attached hydrogens (tertiary/aromatic N) is 2. The van der Waals surface area contributed by atoms with Crippen LogP contribution in [0.3, 0.4) is 0 Å². The fraction of sp³-hybridized carbons (Fsp3) is 0.500. The van der Waals surface area contributed by atoms with Gasteiger partial charge in [-0.15, -0.1) is 0 Å². The van der Waals surface area contributed by atoms with Crippen molar-refractivity contribution < 1.29 is 13.9 Å². The molecule has 0 aliphatic carbocycles. The van der Waals surface area contributed by atoms with Gasteiger partial charge in [0.1, 0.15) is 0 Å². The minimum absolute atomic E-state index is 0.265.